The van der Waals surface area contributed by atoms with Gasteiger partial charge in [-0.05, 0) is 45.2 Å². The van der Waals surface area contributed by atoms with Gasteiger partial charge in [0.15, 0.2) is 0 Å². The van der Waals surface area contributed by atoms with Crippen molar-refractivity contribution < 1.29 is 0 Å². The second kappa shape index (κ2) is 7.27. The smallest absolute Gasteiger partial charge is 0.107 e. The second-order valence-electron chi connectivity index (χ2n) is 9.13. The third kappa shape index (κ3) is 2.70. The molecule has 0 radical (unpaired) electrons. The zero-order chi connectivity index (χ0) is 23.6. The molecule has 7 aromatic rings. The van der Waals surface area contributed by atoms with E-state index in [4.69, 9.17) is 9.97 Å². The molecule has 4 nitrogen and oxygen atoms in total. The molecule has 8 rings (SSSR count). The molecule has 4 aromatic carbocycles. The zero-order valence-corrected chi connectivity index (χ0v) is 19.2. The van der Waals surface area contributed by atoms with Crippen molar-refractivity contribution in [3.05, 3.63) is 110 Å². The third-order valence-electron chi connectivity index (χ3n) is 7.17. The lowest BCUT2D eigenvalue weighted by atomic mass is 9.96. The van der Waals surface area contributed by atoms with Crippen molar-refractivity contribution in [1.29, 1.82) is 0 Å². The number of benzene rings is 4. The Labute approximate surface area is 207 Å². The SMILES string of the molecule is c1ccc2c(c1)-c1cccc3c(-c4ccc5ccc6ccc(-c7cnccn7)nc6c5n4)ccc-2c13. The van der Waals surface area contributed by atoms with Gasteiger partial charge in [-0.25, -0.2) is 9.97 Å². The molecule has 0 unspecified atom stereocenters. The summed E-state index contributed by atoms with van der Waals surface area (Å²) in [7, 11) is 0. The monoisotopic (exact) mass is 458 g/mol. The summed E-state index contributed by atoms with van der Waals surface area (Å²) in [6, 6.07) is 32.2. The first-order valence-electron chi connectivity index (χ1n) is 12.0. The number of fused-ring (bicyclic) bond motifs is 6. The first kappa shape index (κ1) is 19.4. The van der Waals surface area contributed by atoms with E-state index in [9.17, 15) is 0 Å². The number of aromatic nitrogens is 4. The van der Waals surface area contributed by atoms with Gasteiger partial charge in [0, 0.05) is 28.7 Å². The van der Waals surface area contributed by atoms with Crippen LogP contribution in [-0.2, 0) is 0 Å². The Morgan fingerprint density at radius 1 is 0.444 bits per heavy atom. The molecule has 0 spiro atoms. The average Bonchev–Trinajstić information content (AvgIpc) is 3.28. The summed E-state index contributed by atoms with van der Waals surface area (Å²) in [6.45, 7) is 0. The predicted octanol–water partition coefficient (Wildman–Crippen LogP) is 7.71. The molecule has 4 heteroatoms. The lowest BCUT2D eigenvalue weighted by molar-refractivity contribution is 1.19. The van der Waals surface area contributed by atoms with Gasteiger partial charge in [-0.2, -0.15) is 0 Å². The first-order chi connectivity index (χ1) is 17.8. The van der Waals surface area contributed by atoms with Crippen molar-refractivity contribution in [1.82, 2.24) is 19.9 Å². The van der Waals surface area contributed by atoms with Crippen molar-refractivity contribution in [3.63, 3.8) is 0 Å². The van der Waals surface area contributed by atoms with Gasteiger partial charge in [0.2, 0.25) is 0 Å². The molecule has 1 aliphatic rings. The molecule has 166 valence electrons. The molecule has 0 atom stereocenters. The fourth-order valence-corrected chi connectivity index (χ4v) is 5.52. The van der Waals surface area contributed by atoms with Crippen molar-refractivity contribution in [2.75, 3.05) is 0 Å². The number of pyridine rings is 2. The molecular formula is C32H18N4. The Morgan fingerprint density at radius 3 is 1.83 bits per heavy atom. The van der Waals surface area contributed by atoms with Crippen LogP contribution in [0.4, 0.5) is 0 Å². The van der Waals surface area contributed by atoms with Gasteiger partial charge < -0.3 is 0 Å². The van der Waals surface area contributed by atoms with Crippen LogP contribution in [0.3, 0.4) is 0 Å². The van der Waals surface area contributed by atoms with E-state index < -0.39 is 0 Å². The molecular weight excluding hydrogens is 440 g/mol. The number of nitrogens with zero attached hydrogens (tertiary/aromatic N) is 4. The van der Waals surface area contributed by atoms with Crippen LogP contribution in [0, 0.1) is 0 Å². The van der Waals surface area contributed by atoms with Crippen LogP contribution in [0.25, 0.3) is 77.5 Å². The Morgan fingerprint density at radius 2 is 1.08 bits per heavy atom. The van der Waals surface area contributed by atoms with Gasteiger partial charge in [-0.3, -0.25) is 9.97 Å². The number of hydrogen-bond acceptors (Lipinski definition) is 4. The van der Waals surface area contributed by atoms with E-state index in [0.717, 1.165) is 44.5 Å². The molecule has 0 aliphatic heterocycles. The van der Waals surface area contributed by atoms with E-state index in [2.05, 4.69) is 94.9 Å². The second-order valence-corrected chi connectivity index (χ2v) is 9.13. The fraction of sp³-hybridized carbons (Fsp3) is 0. The maximum absolute atomic E-state index is 5.19. The lowest BCUT2D eigenvalue weighted by Gasteiger charge is -2.11. The minimum Gasteiger partial charge on any atom is -0.261 e. The molecule has 1 aliphatic carbocycles. The quantitative estimate of drug-likeness (QED) is 0.249. The van der Waals surface area contributed by atoms with Crippen LogP contribution in [0.15, 0.2) is 110 Å². The topological polar surface area (TPSA) is 51.6 Å². The van der Waals surface area contributed by atoms with Crippen molar-refractivity contribution in [2.24, 2.45) is 0 Å². The Bertz CT molecular complexity index is 1970. The molecule has 3 heterocycles. The van der Waals surface area contributed by atoms with Crippen LogP contribution in [0.2, 0.25) is 0 Å². The van der Waals surface area contributed by atoms with Gasteiger partial charge in [0.1, 0.15) is 5.69 Å². The number of hydrogen-bond donors (Lipinski definition) is 0. The summed E-state index contributed by atoms with van der Waals surface area (Å²) in [4.78, 5) is 18.8. The maximum Gasteiger partial charge on any atom is 0.107 e. The van der Waals surface area contributed by atoms with Crippen LogP contribution in [0.1, 0.15) is 0 Å². The third-order valence-corrected chi connectivity index (χ3v) is 7.17. The lowest BCUT2D eigenvalue weighted by Crippen LogP contribution is -1.93. The van der Waals surface area contributed by atoms with Gasteiger partial charge in [-0.15, -0.1) is 0 Å². The Hall–Kier alpha value is -4.96. The van der Waals surface area contributed by atoms with E-state index in [0.29, 0.717) is 0 Å². The normalized spacial score (nSPS) is 11.9. The van der Waals surface area contributed by atoms with Crippen LogP contribution >= 0.6 is 0 Å². The summed E-state index contributed by atoms with van der Waals surface area (Å²) in [5.74, 6) is 0. The minimum absolute atomic E-state index is 0.750. The largest absolute Gasteiger partial charge is 0.261 e. The number of rotatable bonds is 2. The van der Waals surface area contributed by atoms with E-state index in [1.54, 1.807) is 18.6 Å². The van der Waals surface area contributed by atoms with Gasteiger partial charge in [-0.1, -0.05) is 78.9 Å². The summed E-state index contributed by atoms with van der Waals surface area (Å²) < 4.78 is 0. The highest BCUT2D eigenvalue weighted by molar-refractivity contribution is 6.18. The highest BCUT2D eigenvalue weighted by atomic mass is 14.8. The average molecular weight is 459 g/mol. The van der Waals surface area contributed by atoms with E-state index in [-0.39, 0.29) is 0 Å². The van der Waals surface area contributed by atoms with Gasteiger partial charge >= 0.3 is 0 Å². The Balaban J connectivity index is 1.37. The highest BCUT2D eigenvalue weighted by Crippen LogP contribution is 2.49. The molecule has 0 saturated carbocycles. The maximum atomic E-state index is 5.19. The van der Waals surface area contributed by atoms with Gasteiger partial charge in [0.25, 0.3) is 0 Å². The van der Waals surface area contributed by atoms with Crippen molar-refractivity contribution in [3.8, 4) is 44.9 Å². The van der Waals surface area contributed by atoms with Crippen molar-refractivity contribution in [2.45, 2.75) is 0 Å². The summed E-state index contributed by atoms with van der Waals surface area (Å²) in [6.07, 6.45) is 5.10. The van der Waals surface area contributed by atoms with Crippen LogP contribution < -0.4 is 0 Å². The zero-order valence-electron chi connectivity index (χ0n) is 19.2. The van der Waals surface area contributed by atoms with Gasteiger partial charge in [0.05, 0.1) is 28.6 Å². The van der Waals surface area contributed by atoms with Crippen LogP contribution in [-0.4, -0.2) is 19.9 Å². The molecule has 0 fully saturated rings. The summed E-state index contributed by atoms with van der Waals surface area (Å²) >= 11 is 0. The summed E-state index contributed by atoms with van der Waals surface area (Å²) in [5.41, 5.74) is 10.6. The standard InChI is InChI=1S/C32H18N4/c1-2-5-22-21(4-1)24-6-3-7-25-23(12-13-26(22)30(24)25)27-14-10-19-8-9-20-11-15-28(29-18-33-16-17-34-29)36-32(20)31(19)35-27/h1-18H. The first-order valence-corrected chi connectivity index (χ1v) is 12.0. The van der Waals surface area contributed by atoms with E-state index in [1.165, 1.54) is 33.0 Å². The summed E-state index contributed by atoms with van der Waals surface area (Å²) in [5, 5.41) is 4.64. The minimum atomic E-state index is 0.750. The molecule has 36 heavy (non-hydrogen) atoms. The fourth-order valence-electron chi connectivity index (χ4n) is 5.52. The molecule has 3 aromatic heterocycles. The Kier molecular flexibility index (Phi) is 3.91. The highest BCUT2D eigenvalue weighted by Gasteiger charge is 2.22. The molecule has 0 bridgehead atoms. The van der Waals surface area contributed by atoms with Crippen molar-refractivity contribution >= 4 is 32.6 Å². The molecule has 0 amide bonds. The molecule has 0 saturated heterocycles. The van der Waals surface area contributed by atoms with E-state index >= 15 is 0 Å². The molecule has 0 N–H and O–H groups in total. The van der Waals surface area contributed by atoms with E-state index in [1.807, 2.05) is 6.07 Å². The predicted molar refractivity (Wildman–Crippen MR) is 145 cm³/mol. The van der Waals surface area contributed by atoms with Crippen LogP contribution in [0.5, 0.6) is 0 Å².